The summed E-state index contributed by atoms with van der Waals surface area (Å²) in [5, 5.41) is 9.42. The lowest BCUT2D eigenvalue weighted by molar-refractivity contribution is 0.417. The van der Waals surface area contributed by atoms with Gasteiger partial charge in [0.2, 0.25) is 0 Å². The van der Waals surface area contributed by atoms with Crippen LogP contribution < -0.4 is 5.69 Å². The molecule has 96 valence electrons. The molecular weight excluding hydrogens is 248 g/mol. The first-order valence-electron chi connectivity index (χ1n) is 6.23. The van der Waals surface area contributed by atoms with Crippen molar-refractivity contribution < 1.29 is 5.11 Å². The van der Waals surface area contributed by atoms with Crippen LogP contribution in [0.1, 0.15) is 12.8 Å². The van der Waals surface area contributed by atoms with Crippen molar-refractivity contribution in [1.29, 1.82) is 0 Å². The molecule has 1 saturated heterocycles. The summed E-state index contributed by atoms with van der Waals surface area (Å²) in [4.78, 5) is 14.7. The van der Waals surface area contributed by atoms with Gasteiger partial charge in [-0.1, -0.05) is 0 Å². The molecule has 0 saturated carbocycles. The Morgan fingerprint density at radius 1 is 1.39 bits per heavy atom. The number of phenolic OH excluding ortho intramolecular Hbond substituents is 1. The fourth-order valence-corrected chi connectivity index (χ4v) is 3.72. The predicted molar refractivity (Wildman–Crippen MR) is 74.3 cm³/mol. The van der Waals surface area contributed by atoms with Crippen LogP contribution >= 0.6 is 11.8 Å². The molecule has 0 radical (unpaired) electrons. The minimum absolute atomic E-state index is 0.0752. The molecule has 0 aliphatic carbocycles. The van der Waals surface area contributed by atoms with E-state index in [2.05, 4.69) is 4.98 Å². The van der Waals surface area contributed by atoms with E-state index in [1.807, 2.05) is 11.8 Å². The van der Waals surface area contributed by atoms with E-state index in [1.54, 1.807) is 22.8 Å². The molecule has 1 aromatic carbocycles. The minimum atomic E-state index is -0.0752. The minimum Gasteiger partial charge on any atom is -0.508 e. The topological polar surface area (TPSA) is 58.0 Å². The Morgan fingerprint density at radius 2 is 2.17 bits per heavy atom. The first kappa shape index (κ1) is 11.7. The molecule has 5 heteroatoms. The Balaban J connectivity index is 1.95. The first-order valence-corrected chi connectivity index (χ1v) is 7.39. The molecule has 0 bridgehead atoms. The summed E-state index contributed by atoms with van der Waals surface area (Å²) in [6.45, 7) is 0.782. The molecule has 2 heterocycles. The highest BCUT2D eigenvalue weighted by molar-refractivity contribution is 7.99. The highest BCUT2D eigenvalue weighted by Crippen LogP contribution is 2.25. The largest absolute Gasteiger partial charge is 0.508 e. The smallest absolute Gasteiger partial charge is 0.326 e. The standard InChI is InChI=1S/C13H16N2O2S/c16-10-1-2-12-11(7-10)14-13(17)15(12)8-9-3-5-18-6-4-9/h1-2,7,9,16H,3-6,8H2,(H,14,17). The molecule has 18 heavy (non-hydrogen) atoms. The van der Waals surface area contributed by atoms with Gasteiger partial charge >= 0.3 is 5.69 Å². The van der Waals surface area contributed by atoms with Crippen molar-refractivity contribution in [3.05, 3.63) is 28.7 Å². The van der Waals surface area contributed by atoms with E-state index in [-0.39, 0.29) is 11.4 Å². The van der Waals surface area contributed by atoms with Crippen LogP contribution in [0.3, 0.4) is 0 Å². The zero-order chi connectivity index (χ0) is 12.5. The maximum Gasteiger partial charge on any atom is 0.326 e. The van der Waals surface area contributed by atoms with E-state index in [4.69, 9.17) is 0 Å². The normalized spacial score (nSPS) is 17.3. The molecule has 0 atom stereocenters. The highest BCUT2D eigenvalue weighted by Gasteiger charge is 2.17. The molecule has 1 aromatic heterocycles. The van der Waals surface area contributed by atoms with E-state index >= 15 is 0 Å². The summed E-state index contributed by atoms with van der Waals surface area (Å²) in [6.07, 6.45) is 2.36. The van der Waals surface area contributed by atoms with E-state index in [0.29, 0.717) is 11.4 Å². The zero-order valence-electron chi connectivity index (χ0n) is 10.1. The predicted octanol–water partition coefficient (Wildman–Crippen LogP) is 2.18. The SMILES string of the molecule is O=c1[nH]c2cc(O)ccc2n1CC1CCSCC1. The lowest BCUT2D eigenvalue weighted by Crippen LogP contribution is -2.23. The molecule has 0 amide bonds. The molecule has 3 rings (SSSR count). The lowest BCUT2D eigenvalue weighted by atomic mass is 10.0. The number of thioether (sulfide) groups is 1. The molecule has 1 aliphatic rings. The van der Waals surface area contributed by atoms with Crippen molar-refractivity contribution >= 4 is 22.8 Å². The monoisotopic (exact) mass is 264 g/mol. The Hall–Kier alpha value is -1.36. The maximum atomic E-state index is 11.9. The number of imidazole rings is 1. The molecule has 1 fully saturated rings. The van der Waals surface area contributed by atoms with E-state index in [9.17, 15) is 9.90 Å². The third-order valence-corrected chi connectivity index (χ3v) is 4.59. The third kappa shape index (κ3) is 2.14. The molecule has 0 spiro atoms. The number of aromatic hydroxyl groups is 1. The quantitative estimate of drug-likeness (QED) is 0.874. The van der Waals surface area contributed by atoms with Crippen LogP contribution in [0.25, 0.3) is 11.0 Å². The van der Waals surface area contributed by atoms with Crippen molar-refractivity contribution in [3.8, 4) is 5.75 Å². The van der Waals surface area contributed by atoms with E-state index < -0.39 is 0 Å². The second-order valence-electron chi connectivity index (χ2n) is 4.80. The number of fused-ring (bicyclic) bond motifs is 1. The summed E-state index contributed by atoms with van der Waals surface area (Å²) in [7, 11) is 0. The summed E-state index contributed by atoms with van der Waals surface area (Å²) >= 11 is 1.99. The van der Waals surface area contributed by atoms with Gasteiger partial charge in [-0.25, -0.2) is 4.79 Å². The third-order valence-electron chi connectivity index (χ3n) is 3.54. The number of benzene rings is 1. The summed E-state index contributed by atoms with van der Waals surface area (Å²) < 4.78 is 1.80. The van der Waals surface area contributed by atoms with Crippen LogP contribution in [-0.2, 0) is 6.54 Å². The van der Waals surface area contributed by atoms with Gasteiger partial charge in [-0.3, -0.25) is 4.57 Å². The molecular formula is C13H16N2O2S. The summed E-state index contributed by atoms with van der Waals surface area (Å²) in [5.74, 6) is 3.17. The van der Waals surface area contributed by atoms with Gasteiger partial charge in [0.05, 0.1) is 11.0 Å². The van der Waals surface area contributed by atoms with Gasteiger partial charge in [0, 0.05) is 12.6 Å². The van der Waals surface area contributed by atoms with Crippen LogP contribution in [0.2, 0.25) is 0 Å². The number of aromatic nitrogens is 2. The van der Waals surface area contributed by atoms with Crippen molar-refractivity contribution in [2.45, 2.75) is 19.4 Å². The second-order valence-corrected chi connectivity index (χ2v) is 6.02. The van der Waals surface area contributed by atoms with Crippen LogP contribution in [0, 0.1) is 5.92 Å². The molecule has 1 aliphatic heterocycles. The molecule has 2 aromatic rings. The number of H-pyrrole nitrogens is 1. The number of rotatable bonds is 2. The van der Waals surface area contributed by atoms with Gasteiger partial charge in [-0.2, -0.15) is 11.8 Å². The Bertz CT molecular complexity index is 611. The zero-order valence-corrected chi connectivity index (χ0v) is 10.9. The van der Waals surface area contributed by atoms with Gasteiger partial charge in [0.1, 0.15) is 5.75 Å². The average molecular weight is 264 g/mol. The first-order chi connectivity index (χ1) is 8.74. The fourth-order valence-electron chi connectivity index (χ4n) is 2.52. The van der Waals surface area contributed by atoms with Gasteiger partial charge in [0.15, 0.2) is 0 Å². The number of hydrogen-bond acceptors (Lipinski definition) is 3. The maximum absolute atomic E-state index is 11.9. The van der Waals surface area contributed by atoms with Crippen molar-refractivity contribution in [3.63, 3.8) is 0 Å². The number of phenols is 1. The lowest BCUT2D eigenvalue weighted by Gasteiger charge is -2.21. The number of hydrogen-bond donors (Lipinski definition) is 2. The molecule has 0 unspecified atom stereocenters. The average Bonchev–Trinajstić information content (AvgIpc) is 2.66. The van der Waals surface area contributed by atoms with Crippen LogP contribution in [0.4, 0.5) is 0 Å². The number of nitrogens with zero attached hydrogens (tertiary/aromatic N) is 1. The fraction of sp³-hybridized carbons (Fsp3) is 0.462. The molecule has 2 N–H and O–H groups in total. The summed E-state index contributed by atoms with van der Waals surface area (Å²) in [5.41, 5.74) is 1.52. The van der Waals surface area contributed by atoms with Gasteiger partial charge in [0.25, 0.3) is 0 Å². The van der Waals surface area contributed by atoms with Crippen LogP contribution in [0.5, 0.6) is 5.75 Å². The van der Waals surface area contributed by atoms with Gasteiger partial charge < -0.3 is 10.1 Å². The van der Waals surface area contributed by atoms with Crippen molar-refractivity contribution in [1.82, 2.24) is 9.55 Å². The van der Waals surface area contributed by atoms with E-state index in [0.717, 1.165) is 12.1 Å². The van der Waals surface area contributed by atoms with Crippen molar-refractivity contribution in [2.75, 3.05) is 11.5 Å². The second kappa shape index (κ2) is 4.72. The number of nitrogens with one attached hydrogen (secondary N) is 1. The Kier molecular flexibility index (Phi) is 3.07. The Morgan fingerprint density at radius 3 is 2.94 bits per heavy atom. The van der Waals surface area contributed by atoms with Gasteiger partial charge in [-0.05, 0) is 42.4 Å². The van der Waals surface area contributed by atoms with Crippen LogP contribution in [0.15, 0.2) is 23.0 Å². The summed E-state index contributed by atoms with van der Waals surface area (Å²) in [6, 6.07) is 5.03. The Labute approximate surface area is 109 Å². The number of aromatic amines is 1. The van der Waals surface area contributed by atoms with Gasteiger partial charge in [-0.15, -0.1) is 0 Å². The van der Waals surface area contributed by atoms with Crippen molar-refractivity contribution in [2.24, 2.45) is 5.92 Å². The highest BCUT2D eigenvalue weighted by atomic mass is 32.2. The van der Waals surface area contributed by atoms with Crippen LogP contribution in [-0.4, -0.2) is 26.2 Å². The molecule has 4 nitrogen and oxygen atoms in total. The van der Waals surface area contributed by atoms with E-state index in [1.165, 1.54) is 24.3 Å².